The number of hydrogen-bond acceptors (Lipinski definition) is 5. The number of amides is 2. The molecule has 2 amide bonds. The molecule has 3 aromatic rings. The molecular weight excluding hydrogens is 454 g/mol. The maximum atomic E-state index is 13.1. The van der Waals surface area contributed by atoms with Gasteiger partial charge in [-0.05, 0) is 56.4 Å². The van der Waals surface area contributed by atoms with Crippen molar-refractivity contribution >= 4 is 23.4 Å². The Hall–Kier alpha value is -3.78. The molecule has 1 aromatic heterocycles. The van der Waals surface area contributed by atoms with E-state index in [1.165, 1.54) is 4.90 Å². The highest BCUT2D eigenvalue weighted by Gasteiger charge is 2.35. The molecule has 3 N–H and O–H groups in total. The van der Waals surface area contributed by atoms with Gasteiger partial charge in [0.25, 0.3) is 5.91 Å². The first kappa shape index (κ1) is 26.8. The number of carbonyl (C=O) groups excluding carboxylic acids is 3. The minimum absolute atomic E-state index is 0.0683. The van der Waals surface area contributed by atoms with Crippen LogP contribution in [-0.4, -0.2) is 51.7 Å². The third-order valence-corrected chi connectivity index (χ3v) is 5.90. The molecule has 0 spiro atoms. The molecule has 0 saturated carbocycles. The smallest absolute Gasteiger partial charge is 0.253 e. The predicted octanol–water partition coefficient (Wildman–Crippen LogP) is 3.52. The molecular formula is C28H35N5O3. The van der Waals surface area contributed by atoms with E-state index in [0.717, 1.165) is 17.5 Å². The van der Waals surface area contributed by atoms with Crippen molar-refractivity contribution in [1.29, 1.82) is 0 Å². The Morgan fingerprint density at radius 3 is 2.42 bits per heavy atom. The number of nitrogens with two attached hydrogens (primary N) is 1. The molecule has 0 saturated heterocycles. The van der Waals surface area contributed by atoms with E-state index in [2.05, 4.69) is 10.3 Å². The fraction of sp³-hybridized carbons (Fsp3) is 0.357. The minimum Gasteiger partial charge on any atom is -0.345 e. The molecule has 8 nitrogen and oxygen atoms in total. The topological polar surface area (TPSA) is 110 Å². The van der Waals surface area contributed by atoms with Crippen LogP contribution in [0.2, 0.25) is 0 Å². The first-order chi connectivity index (χ1) is 17.0. The highest BCUT2D eigenvalue weighted by atomic mass is 16.2. The summed E-state index contributed by atoms with van der Waals surface area (Å²) in [5, 5.41) is 2.79. The SMILES string of the molecule is CN(C)C(=O)c1cccc(Cn2cnc(NC(=O)C(CCCc3ccccc3)C(=O)C(C)(C)N)c2)c1. The van der Waals surface area contributed by atoms with Gasteiger partial charge in [0, 0.05) is 32.4 Å². The van der Waals surface area contributed by atoms with E-state index in [1.807, 2.05) is 53.1 Å². The average Bonchev–Trinajstić information content (AvgIpc) is 3.27. The van der Waals surface area contributed by atoms with Crippen LogP contribution in [0.5, 0.6) is 0 Å². The van der Waals surface area contributed by atoms with Crippen LogP contribution in [0.4, 0.5) is 5.82 Å². The highest BCUT2D eigenvalue weighted by molar-refractivity contribution is 6.09. The number of ketones is 1. The molecule has 1 heterocycles. The van der Waals surface area contributed by atoms with Crippen molar-refractivity contribution < 1.29 is 14.4 Å². The summed E-state index contributed by atoms with van der Waals surface area (Å²) < 4.78 is 1.81. The lowest BCUT2D eigenvalue weighted by atomic mass is 9.85. The van der Waals surface area contributed by atoms with Crippen molar-refractivity contribution in [1.82, 2.24) is 14.5 Å². The number of aromatic nitrogens is 2. The van der Waals surface area contributed by atoms with Gasteiger partial charge < -0.3 is 20.5 Å². The molecule has 36 heavy (non-hydrogen) atoms. The predicted molar refractivity (Wildman–Crippen MR) is 141 cm³/mol. The van der Waals surface area contributed by atoms with Gasteiger partial charge in [-0.1, -0.05) is 42.5 Å². The number of nitrogens with zero attached hydrogens (tertiary/aromatic N) is 3. The molecule has 0 radical (unpaired) electrons. The van der Waals surface area contributed by atoms with Crippen LogP contribution in [0.3, 0.4) is 0 Å². The summed E-state index contributed by atoms with van der Waals surface area (Å²) in [5.41, 5.74) is 7.63. The monoisotopic (exact) mass is 489 g/mol. The zero-order chi connectivity index (χ0) is 26.3. The van der Waals surface area contributed by atoms with Gasteiger partial charge in [-0.25, -0.2) is 4.98 Å². The molecule has 2 aromatic carbocycles. The van der Waals surface area contributed by atoms with Gasteiger partial charge in [0.15, 0.2) is 11.6 Å². The van der Waals surface area contributed by atoms with Crippen molar-refractivity contribution in [3.63, 3.8) is 0 Å². The standard InChI is InChI=1S/C28H35N5O3/c1-28(2,29)25(34)23(15-9-12-20-10-6-5-7-11-20)26(35)31-24-18-33(19-30-24)17-21-13-8-14-22(16-21)27(36)32(3)4/h5-8,10-11,13-14,16,18-19,23H,9,12,15,17,29H2,1-4H3,(H,31,35). The van der Waals surface area contributed by atoms with Crippen LogP contribution in [0, 0.1) is 5.92 Å². The van der Waals surface area contributed by atoms with Gasteiger partial charge in [-0.3, -0.25) is 14.4 Å². The summed E-state index contributed by atoms with van der Waals surface area (Å²) in [7, 11) is 3.43. The van der Waals surface area contributed by atoms with Gasteiger partial charge >= 0.3 is 0 Å². The lowest BCUT2D eigenvalue weighted by molar-refractivity contribution is -0.134. The van der Waals surface area contributed by atoms with E-state index in [9.17, 15) is 14.4 Å². The number of imidazole rings is 1. The first-order valence-electron chi connectivity index (χ1n) is 12.0. The van der Waals surface area contributed by atoms with Gasteiger partial charge in [0.05, 0.1) is 17.8 Å². The van der Waals surface area contributed by atoms with Crippen molar-refractivity contribution in [3.05, 3.63) is 83.8 Å². The quantitative estimate of drug-likeness (QED) is 0.401. The maximum absolute atomic E-state index is 13.1. The molecule has 0 fully saturated rings. The fourth-order valence-electron chi connectivity index (χ4n) is 3.98. The van der Waals surface area contributed by atoms with E-state index in [1.54, 1.807) is 46.5 Å². The molecule has 0 aliphatic heterocycles. The lowest BCUT2D eigenvalue weighted by Gasteiger charge is -2.23. The number of benzene rings is 2. The van der Waals surface area contributed by atoms with Crippen LogP contribution < -0.4 is 11.1 Å². The van der Waals surface area contributed by atoms with E-state index >= 15 is 0 Å². The molecule has 0 aliphatic carbocycles. The zero-order valence-corrected chi connectivity index (χ0v) is 21.4. The zero-order valence-electron chi connectivity index (χ0n) is 21.4. The Morgan fingerprint density at radius 2 is 1.75 bits per heavy atom. The molecule has 0 aliphatic rings. The summed E-state index contributed by atoms with van der Waals surface area (Å²) in [4.78, 5) is 44.2. The number of aryl methyl sites for hydroxylation is 1. The molecule has 8 heteroatoms. The number of Topliss-reactive ketones (excluding diaryl/α,β-unsaturated/α-hetero) is 1. The fourth-order valence-corrected chi connectivity index (χ4v) is 3.98. The molecule has 1 atom stereocenters. The van der Waals surface area contributed by atoms with Crippen molar-refractivity contribution in [2.24, 2.45) is 11.7 Å². The average molecular weight is 490 g/mol. The first-order valence-corrected chi connectivity index (χ1v) is 12.0. The highest BCUT2D eigenvalue weighted by Crippen LogP contribution is 2.20. The Morgan fingerprint density at radius 1 is 1.06 bits per heavy atom. The summed E-state index contributed by atoms with van der Waals surface area (Å²) in [5.74, 6) is -1.28. The molecule has 0 bridgehead atoms. The number of rotatable bonds is 11. The number of carbonyl (C=O) groups is 3. The van der Waals surface area contributed by atoms with Crippen LogP contribution in [-0.2, 0) is 22.6 Å². The van der Waals surface area contributed by atoms with Crippen molar-refractivity contribution in [3.8, 4) is 0 Å². The third-order valence-electron chi connectivity index (χ3n) is 5.90. The summed E-state index contributed by atoms with van der Waals surface area (Å²) in [6.45, 7) is 3.72. The lowest BCUT2D eigenvalue weighted by Crippen LogP contribution is -2.48. The Bertz CT molecular complexity index is 1200. The van der Waals surface area contributed by atoms with Gasteiger partial charge in [-0.15, -0.1) is 0 Å². The van der Waals surface area contributed by atoms with Gasteiger partial charge in [0.2, 0.25) is 5.91 Å². The second-order valence-corrected chi connectivity index (χ2v) is 9.84. The Balaban J connectivity index is 1.66. The van der Waals surface area contributed by atoms with E-state index < -0.39 is 17.4 Å². The van der Waals surface area contributed by atoms with Crippen molar-refractivity contribution in [2.45, 2.75) is 45.2 Å². The van der Waals surface area contributed by atoms with Crippen molar-refractivity contribution in [2.75, 3.05) is 19.4 Å². The normalized spacial score (nSPS) is 12.1. The number of hydrogen-bond donors (Lipinski definition) is 2. The minimum atomic E-state index is -1.12. The van der Waals surface area contributed by atoms with Gasteiger partial charge in [-0.2, -0.15) is 0 Å². The number of nitrogens with one attached hydrogen (secondary N) is 1. The maximum Gasteiger partial charge on any atom is 0.253 e. The number of anilines is 1. The van der Waals surface area contributed by atoms with Crippen LogP contribution in [0.25, 0.3) is 0 Å². The molecule has 190 valence electrons. The van der Waals surface area contributed by atoms with E-state index in [-0.39, 0.29) is 11.7 Å². The Labute approximate surface area is 212 Å². The second-order valence-electron chi connectivity index (χ2n) is 9.84. The second kappa shape index (κ2) is 11.8. The van der Waals surface area contributed by atoms with E-state index in [0.29, 0.717) is 30.8 Å². The summed E-state index contributed by atoms with van der Waals surface area (Å²) >= 11 is 0. The van der Waals surface area contributed by atoms with Crippen LogP contribution >= 0.6 is 0 Å². The van der Waals surface area contributed by atoms with Crippen LogP contribution in [0.15, 0.2) is 67.1 Å². The third kappa shape index (κ3) is 7.36. The Kier molecular flexibility index (Phi) is 8.77. The van der Waals surface area contributed by atoms with Gasteiger partial charge in [0.1, 0.15) is 0 Å². The largest absolute Gasteiger partial charge is 0.345 e. The van der Waals surface area contributed by atoms with Crippen LogP contribution in [0.1, 0.15) is 48.2 Å². The molecule has 1 unspecified atom stereocenters. The summed E-state index contributed by atoms with van der Waals surface area (Å²) in [6.07, 6.45) is 5.16. The summed E-state index contributed by atoms with van der Waals surface area (Å²) in [6, 6.07) is 17.3. The van der Waals surface area contributed by atoms with E-state index in [4.69, 9.17) is 5.73 Å². The molecule has 3 rings (SSSR count).